The van der Waals surface area contributed by atoms with E-state index in [2.05, 4.69) is 9.98 Å². The summed E-state index contributed by atoms with van der Waals surface area (Å²) >= 11 is 0. The van der Waals surface area contributed by atoms with Crippen LogP contribution in [0.4, 0.5) is 0 Å². The van der Waals surface area contributed by atoms with Crippen molar-refractivity contribution < 1.29 is 19.1 Å². The monoisotopic (exact) mass is 226 g/mol. The Hall–Kier alpha value is -1.77. The Balaban J connectivity index is 3.98. The Labute approximate surface area is 93.4 Å². The third-order valence-corrected chi connectivity index (χ3v) is 1.83. The Bertz CT molecular complexity index is 304. The van der Waals surface area contributed by atoms with Gasteiger partial charge >= 0.3 is 5.97 Å². The molecule has 0 aromatic carbocycles. The molecule has 0 aromatic heterocycles. The molecule has 0 unspecified atom stereocenters. The Morgan fingerprint density at radius 3 is 2.62 bits per heavy atom. The number of rotatable bonds is 8. The van der Waals surface area contributed by atoms with Gasteiger partial charge in [0.25, 0.3) is 0 Å². The highest BCUT2D eigenvalue weighted by atomic mass is 16.5. The lowest BCUT2D eigenvalue weighted by atomic mass is 10.1. The molecule has 0 fully saturated rings. The van der Waals surface area contributed by atoms with Crippen LogP contribution in [0.2, 0.25) is 0 Å². The van der Waals surface area contributed by atoms with E-state index >= 15 is 0 Å². The fourth-order valence-corrected chi connectivity index (χ4v) is 1.11. The molecule has 0 spiro atoms. The molecule has 0 aliphatic rings. The lowest BCUT2D eigenvalue weighted by Crippen LogP contribution is -2.21. The molecule has 0 saturated carbocycles. The number of esters is 1. The van der Waals surface area contributed by atoms with Gasteiger partial charge in [-0.15, -0.1) is 0 Å². The number of hydrogen-bond acceptors (Lipinski definition) is 6. The Morgan fingerprint density at radius 2 is 2.06 bits per heavy atom. The third kappa shape index (κ3) is 6.65. The summed E-state index contributed by atoms with van der Waals surface area (Å²) in [6.07, 6.45) is 4.42. The topological polar surface area (TPSA) is 85.2 Å². The largest absolute Gasteiger partial charge is 0.464 e. The molecule has 0 aliphatic carbocycles. The fourth-order valence-electron chi connectivity index (χ4n) is 1.11. The molecule has 16 heavy (non-hydrogen) atoms. The Kier molecular flexibility index (Phi) is 8.69. The molecule has 0 N–H and O–H groups in total. The standard InChI is InChI=1S/C10H14N2O4/c1-2-16-10(15)9(12-8-14)5-3-4-6-11-7-13/h9H,2-6H2,1H3/t9-/m1/s1. The highest BCUT2D eigenvalue weighted by Gasteiger charge is 2.17. The van der Waals surface area contributed by atoms with Crippen LogP contribution in [0.5, 0.6) is 0 Å². The van der Waals surface area contributed by atoms with Crippen LogP contribution in [-0.4, -0.2) is 37.3 Å². The van der Waals surface area contributed by atoms with Gasteiger partial charge in [0.1, 0.15) is 0 Å². The van der Waals surface area contributed by atoms with Gasteiger partial charge in [-0.3, -0.25) is 0 Å². The van der Waals surface area contributed by atoms with Crippen LogP contribution in [-0.2, 0) is 19.1 Å². The summed E-state index contributed by atoms with van der Waals surface area (Å²) in [7, 11) is 0. The van der Waals surface area contributed by atoms with Gasteiger partial charge in [0.2, 0.25) is 12.2 Å². The van der Waals surface area contributed by atoms with Gasteiger partial charge < -0.3 is 4.74 Å². The van der Waals surface area contributed by atoms with Crippen molar-refractivity contribution in [3.8, 4) is 0 Å². The maximum Gasteiger partial charge on any atom is 0.331 e. The van der Waals surface area contributed by atoms with Crippen molar-refractivity contribution in [2.45, 2.75) is 32.2 Å². The first kappa shape index (κ1) is 14.2. The van der Waals surface area contributed by atoms with E-state index in [1.54, 1.807) is 6.92 Å². The smallest absolute Gasteiger partial charge is 0.331 e. The number of unbranched alkanes of at least 4 members (excludes halogenated alkanes) is 1. The summed E-state index contributed by atoms with van der Waals surface area (Å²) in [6, 6.07) is -0.794. The summed E-state index contributed by atoms with van der Waals surface area (Å²) in [5.41, 5.74) is 0. The molecule has 0 amide bonds. The average Bonchev–Trinajstić information content (AvgIpc) is 2.27. The molecule has 1 atom stereocenters. The molecule has 6 nitrogen and oxygen atoms in total. The van der Waals surface area contributed by atoms with E-state index in [9.17, 15) is 14.4 Å². The van der Waals surface area contributed by atoms with E-state index in [1.807, 2.05) is 0 Å². The van der Waals surface area contributed by atoms with Gasteiger partial charge in [0.15, 0.2) is 6.04 Å². The first-order valence-electron chi connectivity index (χ1n) is 5.03. The lowest BCUT2D eigenvalue weighted by Gasteiger charge is -2.08. The maximum absolute atomic E-state index is 11.3. The van der Waals surface area contributed by atoms with E-state index in [-0.39, 0.29) is 6.61 Å². The minimum absolute atomic E-state index is 0.249. The minimum Gasteiger partial charge on any atom is -0.464 e. The van der Waals surface area contributed by atoms with E-state index in [4.69, 9.17) is 4.74 Å². The van der Waals surface area contributed by atoms with Crippen molar-refractivity contribution in [2.75, 3.05) is 13.2 Å². The molecule has 0 radical (unpaired) electrons. The van der Waals surface area contributed by atoms with Crippen molar-refractivity contribution >= 4 is 18.1 Å². The van der Waals surface area contributed by atoms with Crippen LogP contribution in [0.3, 0.4) is 0 Å². The van der Waals surface area contributed by atoms with Gasteiger partial charge in [-0.05, 0) is 26.2 Å². The fraction of sp³-hybridized carbons (Fsp3) is 0.700. The molecule has 0 heterocycles. The summed E-state index contributed by atoms with van der Waals surface area (Å²) < 4.78 is 4.74. The molecule has 0 bridgehead atoms. The maximum atomic E-state index is 11.3. The molecule has 0 rings (SSSR count). The zero-order chi connectivity index (χ0) is 12.2. The van der Waals surface area contributed by atoms with Crippen molar-refractivity contribution in [3.63, 3.8) is 0 Å². The second-order valence-electron chi connectivity index (χ2n) is 2.96. The minimum atomic E-state index is -0.794. The van der Waals surface area contributed by atoms with Crippen molar-refractivity contribution in [2.24, 2.45) is 9.98 Å². The molecular formula is C10H14N2O4. The SMILES string of the molecule is CCOC(=O)[C@@H](CCCCN=C=O)N=C=O. The normalized spacial score (nSPS) is 10.8. The summed E-state index contributed by atoms with van der Waals surface area (Å²) in [4.78, 5) is 37.9. The summed E-state index contributed by atoms with van der Waals surface area (Å²) in [5.74, 6) is -0.523. The molecule has 0 aromatic rings. The number of nitrogens with zero attached hydrogens (tertiary/aromatic N) is 2. The lowest BCUT2D eigenvalue weighted by molar-refractivity contribution is -0.144. The highest BCUT2D eigenvalue weighted by Crippen LogP contribution is 2.06. The van der Waals surface area contributed by atoms with Gasteiger partial charge in [0, 0.05) is 0 Å². The van der Waals surface area contributed by atoms with Crippen LogP contribution in [0.1, 0.15) is 26.2 Å². The Morgan fingerprint density at radius 1 is 1.31 bits per heavy atom. The van der Waals surface area contributed by atoms with Crippen LogP contribution < -0.4 is 0 Å². The van der Waals surface area contributed by atoms with Crippen molar-refractivity contribution in [1.82, 2.24) is 0 Å². The van der Waals surface area contributed by atoms with Crippen molar-refractivity contribution in [1.29, 1.82) is 0 Å². The molecule has 0 aliphatic heterocycles. The van der Waals surface area contributed by atoms with E-state index in [0.29, 0.717) is 25.8 Å². The summed E-state index contributed by atoms with van der Waals surface area (Å²) in [6.45, 7) is 2.29. The average molecular weight is 226 g/mol. The van der Waals surface area contributed by atoms with Crippen LogP contribution in [0, 0.1) is 0 Å². The van der Waals surface area contributed by atoms with E-state index in [1.165, 1.54) is 12.2 Å². The number of carbonyl (C=O) groups excluding carboxylic acids is 3. The third-order valence-electron chi connectivity index (χ3n) is 1.83. The molecule has 88 valence electrons. The van der Waals surface area contributed by atoms with Gasteiger partial charge in [-0.1, -0.05) is 0 Å². The number of carbonyl (C=O) groups is 1. The number of ether oxygens (including phenoxy) is 1. The first-order chi connectivity index (χ1) is 7.76. The predicted octanol–water partition coefficient (Wildman–Crippen LogP) is 0.760. The molecule has 0 saturated heterocycles. The van der Waals surface area contributed by atoms with Crippen LogP contribution >= 0.6 is 0 Å². The second-order valence-corrected chi connectivity index (χ2v) is 2.96. The van der Waals surface area contributed by atoms with Crippen LogP contribution in [0.25, 0.3) is 0 Å². The van der Waals surface area contributed by atoms with E-state index in [0.717, 1.165) is 0 Å². The predicted molar refractivity (Wildman–Crippen MR) is 55.4 cm³/mol. The van der Waals surface area contributed by atoms with Gasteiger partial charge in [0.05, 0.1) is 13.2 Å². The van der Waals surface area contributed by atoms with Crippen molar-refractivity contribution in [3.05, 3.63) is 0 Å². The van der Waals surface area contributed by atoms with Gasteiger partial charge in [-0.2, -0.15) is 4.99 Å². The molecular weight excluding hydrogens is 212 g/mol. The molecule has 6 heteroatoms. The number of aliphatic imine (C=N–C) groups is 2. The van der Waals surface area contributed by atoms with Crippen LogP contribution in [0.15, 0.2) is 9.98 Å². The number of hydrogen-bond donors (Lipinski definition) is 0. The van der Waals surface area contributed by atoms with Gasteiger partial charge in [-0.25, -0.2) is 19.4 Å². The second kappa shape index (κ2) is 9.77. The zero-order valence-electron chi connectivity index (χ0n) is 9.14. The quantitative estimate of drug-likeness (QED) is 0.264. The zero-order valence-corrected chi connectivity index (χ0v) is 9.14. The van der Waals surface area contributed by atoms with E-state index < -0.39 is 12.0 Å². The highest BCUT2D eigenvalue weighted by molar-refractivity contribution is 5.76. The number of isocyanates is 2. The first-order valence-corrected chi connectivity index (χ1v) is 5.03. The summed E-state index contributed by atoms with van der Waals surface area (Å²) in [5, 5.41) is 0.